The Morgan fingerprint density at radius 2 is 1.89 bits per heavy atom. The summed E-state index contributed by atoms with van der Waals surface area (Å²) in [5, 5.41) is 3.64. The summed E-state index contributed by atoms with van der Waals surface area (Å²) in [6.07, 6.45) is 8.23. The molecule has 0 amide bonds. The third-order valence-corrected chi connectivity index (χ3v) is 4.84. The van der Waals surface area contributed by atoms with E-state index < -0.39 is 0 Å². The van der Waals surface area contributed by atoms with E-state index in [1.54, 1.807) is 0 Å². The van der Waals surface area contributed by atoms with Crippen molar-refractivity contribution in [3.8, 4) is 0 Å². The highest BCUT2D eigenvalue weighted by Gasteiger charge is 2.15. The number of nitrogens with two attached hydrogens (primary N) is 1. The lowest BCUT2D eigenvalue weighted by atomic mass is 10.1. The normalized spacial score (nSPS) is 16.8. The number of benzene rings is 1. The van der Waals surface area contributed by atoms with E-state index in [0.717, 1.165) is 61.8 Å². The van der Waals surface area contributed by atoms with Gasteiger partial charge in [0.05, 0.1) is 13.2 Å². The van der Waals surface area contributed by atoms with Crippen LogP contribution in [0.15, 0.2) is 66.0 Å². The molecule has 0 saturated carbocycles. The quantitative estimate of drug-likeness (QED) is 0.517. The average molecular weight is 368 g/mol. The van der Waals surface area contributed by atoms with Crippen molar-refractivity contribution in [3.05, 3.63) is 71.6 Å². The standard InChI is InChI=1S/C23H33N3O/c1-5-7-9-23(20-10-12-21(24)13-11-20)25-22(8-6-2)18(3)19(4)26-14-16-27-17-15-26/h6,8-13,25H,2,5,7,14-17,24H2,1,3-4H3/b19-18+,22-8+,23-9+. The van der Waals surface area contributed by atoms with Crippen LogP contribution in [-0.2, 0) is 4.74 Å². The molecule has 0 radical (unpaired) electrons. The summed E-state index contributed by atoms with van der Waals surface area (Å²) in [7, 11) is 0. The second-order valence-electron chi connectivity index (χ2n) is 6.78. The van der Waals surface area contributed by atoms with Crippen molar-refractivity contribution in [2.75, 3.05) is 32.0 Å². The van der Waals surface area contributed by atoms with E-state index in [1.807, 2.05) is 24.3 Å². The Balaban J connectivity index is 2.31. The zero-order valence-electron chi connectivity index (χ0n) is 16.9. The molecule has 27 heavy (non-hydrogen) atoms. The summed E-state index contributed by atoms with van der Waals surface area (Å²) in [6.45, 7) is 13.9. The lowest BCUT2D eigenvalue weighted by molar-refractivity contribution is 0.0533. The fourth-order valence-electron chi connectivity index (χ4n) is 3.05. The zero-order valence-corrected chi connectivity index (χ0v) is 16.9. The number of nitrogens with one attached hydrogen (secondary N) is 1. The number of rotatable bonds is 8. The van der Waals surface area contributed by atoms with Gasteiger partial charge in [-0.05, 0) is 49.6 Å². The van der Waals surface area contributed by atoms with E-state index in [1.165, 1.54) is 11.3 Å². The summed E-state index contributed by atoms with van der Waals surface area (Å²) >= 11 is 0. The van der Waals surface area contributed by atoms with Crippen LogP contribution in [0.5, 0.6) is 0 Å². The van der Waals surface area contributed by atoms with E-state index in [4.69, 9.17) is 10.5 Å². The molecule has 1 saturated heterocycles. The van der Waals surface area contributed by atoms with Gasteiger partial charge in [-0.3, -0.25) is 0 Å². The lowest BCUT2D eigenvalue weighted by Crippen LogP contribution is -2.35. The molecule has 0 unspecified atom stereocenters. The number of hydrogen-bond donors (Lipinski definition) is 2. The maximum absolute atomic E-state index is 5.86. The number of anilines is 1. The topological polar surface area (TPSA) is 50.5 Å². The van der Waals surface area contributed by atoms with Crippen molar-refractivity contribution in [3.63, 3.8) is 0 Å². The Morgan fingerprint density at radius 1 is 1.22 bits per heavy atom. The minimum absolute atomic E-state index is 0.773. The molecule has 3 N–H and O–H groups in total. The van der Waals surface area contributed by atoms with Crippen molar-refractivity contribution in [2.24, 2.45) is 0 Å². The summed E-state index contributed by atoms with van der Waals surface area (Å²) in [5.41, 5.74) is 12.4. The molecule has 0 bridgehead atoms. The van der Waals surface area contributed by atoms with Gasteiger partial charge < -0.3 is 20.7 Å². The van der Waals surface area contributed by atoms with Crippen molar-refractivity contribution >= 4 is 11.4 Å². The average Bonchev–Trinajstić information content (AvgIpc) is 2.70. The van der Waals surface area contributed by atoms with Crippen LogP contribution in [-0.4, -0.2) is 31.2 Å². The SMILES string of the molecule is C=C/C=C(N/C(=C/CCC)c1ccc(N)cc1)\C(C)=C(/C)N1CCOCC1. The summed E-state index contributed by atoms with van der Waals surface area (Å²) < 4.78 is 5.48. The molecule has 4 heteroatoms. The van der Waals surface area contributed by atoms with Crippen LogP contribution in [0.4, 0.5) is 5.69 Å². The Morgan fingerprint density at radius 3 is 2.48 bits per heavy atom. The van der Waals surface area contributed by atoms with Crippen LogP contribution in [0.25, 0.3) is 5.70 Å². The fraction of sp³-hybridized carbons (Fsp3) is 0.391. The molecule has 146 valence electrons. The van der Waals surface area contributed by atoms with E-state index in [0.29, 0.717) is 0 Å². The minimum atomic E-state index is 0.773. The number of hydrogen-bond acceptors (Lipinski definition) is 4. The van der Waals surface area contributed by atoms with E-state index in [2.05, 4.69) is 55.8 Å². The van der Waals surface area contributed by atoms with Crippen LogP contribution in [0.3, 0.4) is 0 Å². The van der Waals surface area contributed by atoms with Crippen LogP contribution in [0, 0.1) is 0 Å². The number of morpholine rings is 1. The van der Waals surface area contributed by atoms with Crippen molar-refractivity contribution in [2.45, 2.75) is 33.6 Å². The molecule has 1 aromatic carbocycles. The molecule has 2 rings (SSSR count). The number of nitrogens with zero attached hydrogens (tertiary/aromatic N) is 1. The number of allylic oxidation sites excluding steroid dienone is 5. The Labute approximate surface area is 164 Å². The van der Waals surface area contributed by atoms with Crippen LogP contribution in [0.2, 0.25) is 0 Å². The predicted octanol–water partition coefficient (Wildman–Crippen LogP) is 4.70. The van der Waals surface area contributed by atoms with E-state index in [9.17, 15) is 0 Å². The van der Waals surface area contributed by atoms with Crippen molar-refractivity contribution < 1.29 is 4.74 Å². The Kier molecular flexibility index (Phi) is 8.21. The molecule has 0 spiro atoms. The van der Waals surface area contributed by atoms with Crippen LogP contribution in [0.1, 0.15) is 39.2 Å². The van der Waals surface area contributed by atoms with Gasteiger partial charge in [0.1, 0.15) is 0 Å². The van der Waals surface area contributed by atoms with E-state index in [-0.39, 0.29) is 0 Å². The largest absolute Gasteiger partial charge is 0.399 e. The summed E-state index contributed by atoms with van der Waals surface area (Å²) in [5.74, 6) is 0. The van der Waals surface area contributed by atoms with Crippen molar-refractivity contribution in [1.29, 1.82) is 0 Å². The Bertz CT molecular complexity index is 708. The van der Waals surface area contributed by atoms with Crippen molar-refractivity contribution in [1.82, 2.24) is 10.2 Å². The first-order chi connectivity index (χ1) is 13.1. The third-order valence-electron chi connectivity index (χ3n) is 4.84. The first-order valence-electron chi connectivity index (χ1n) is 9.73. The van der Waals surface area contributed by atoms with Gasteiger partial charge in [-0.15, -0.1) is 0 Å². The second-order valence-corrected chi connectivity index (χ2v) is 6.78. The van der Waals surface area contributed by atoms with E-state index >= 15 is 0 Å². The fourth-order valence-corrected chi connectivity index (χ4v) is 3.05. The number of nitrogen functional groups attached to an aromatic ring is 1. The van der Waals surface area contributed by atoms with Gasteiger partial charge in [-0.2, -0.15) is 0 Å². The molecule has 4 nitrogen and oxygen atoms in total. The van der Waals surface area contributed by atoms with Gasteiger partial charge in [-0.25, -0.2) is 0 Å². The van der Waals surface area contributed by atoms with Gasteiger partial charge in [0.15, 0.2) is 0 Å². The molecular formula is C23H33N3O. The van der Waals surface area contributed by atoms with Crippen LogP contribution >= 0.6 is 0 Å². The Hall–Kier alpha value is -2.46. The maximum Gasteiger partial charge on any atom is 0.0642 e. The first-order valence-corrected chi connectivity index (χ1v) is 9.73. The third kappa shape index (κ3) is 6.04. The molecule has 1 fully saturated rings. The molecule has 1 heterocycles. The van der Waals surface area contributed by atoms with Gasteiger partial charge in [-0.1, -0.05) is 44.2 Å². The molecule has 0 atom stereocenters. The first kappa shape index (κ1) is 20.8. The molecule has 0 aromatic heterocycles. The predicted molar refractivity (Wildman–Crippen MR) is 116 cm³/mol. The summed E-state index contributed by atoms with van der Waals surface area (Å²) in [4.78, 5) is 2.39. The molecule has 1 aromatic rings. The summed E-state index contributed by atoms with van der Waals surface area (Å²) in [6, 6.07) is 8.00. The minimum Gasteiger partial charge on any atom is -0.399 e. The highest BCUT2D eigenvalue weighted by atomic mass is 16.5. The molecule has 1 aliphatic heterocycles. The smallest absolute Gasteiger partial charge is 0.0642 e. The second kappa shape index (κ2) is 10.6. The maximum atomic E-state index is 5.86. The number of ether oxygens (including phenoxy) is 1. The zero-order chi connectivity index (χ0) is 19.6. The van der Waals surface area contributed by atoms with Gasteiger partial charge in [0.2, 0.25) is 0 Å². The molecular weight excluding hydrogens is 334 g/mol. The molecule has 0 aliphatic carbocycles. The monoisotopic (exact) mass is 367 g/mol. The van der Waals surface area contributed by atoms with Gasteiger partial charge >= 0.3 is 0 Å². The van der Waals surface area contributed by atoms with Gasteiger partial charge in [0, 0.05) is 35.9 Å². The van der Waals surface area contributed by atoms with Crippen LogP contribution < -0.4 is 11.1 Å². The number of unbranched alkanes of at least 4 members (excludes halogenated alkanes) is 1. The lowest BCUT2D eigenvalue weighted by Gasteiger charge is -2.31. The molecule has 1 aliphatic rings. The highest BCUT2D eigenvalue weighted by Crippen LogP contribution is 2.22. The highest BCUT2D eigenvalue weighted by molar-refractivity contribution is 5.68. The van der Waals surface area contributed by atoms with Gasteiger partial charge in [0.25, 0.3) is 0 Å².